The highest BCUT2D eigenvalue weighted by Crippen LogP contribution is 2.19. The summed E-state index contributed by atoms with van der Waals surface area (Å²) in [6, 6.07) is 0. The van der Waals surface area contributed by atoms with Crippen LogP contribution in [-0.2, 0) is 28.6 Å². The molecule has 0 saturated carbocycles. The van der Waals surface area contributed by atoms with E-state index in [2.05, 4.69) is 32.9 Å². The summed E-state index contributed by atoms with van der Waals surface area (Å²) in [5, 5.41) is 0. The predicted octanol–water partition coefficient (Wildman–Crippen LogP) is 22.8. The van der Waals surface area contributed by atoms with Gasteiger partial charge in [-0.25, -0.2) is 0 Å². The Morgan fingerprint density at radius 2 is 0.446 bits per heavy atom. The molecule has 0 aliphatic carbocycles. The zero-order chi connectivity index (χ0) is 53.6. The topological polar surface area (TPSA) is 78.9 Å². The Balaban J connectivity index is 4.30. The Hall–Kier alpha value is -1.85. The smallest absolute Gasteiger partial charge is 0.306 e. The summed E-state index contributed by atoms with van der Waals surface area (Å²) >= 11 is 0. The molecule has 6 heteroatoms. The molecule has 438 valence electrons. The molecular formula is C68H130O6. The standard InChI is InChI=1S/C68H130O6/c1-4-7-10-13-16-19-22-25-28-31-34-37-40-43-46-49-52-55-58-61-67(70)73-64-65(63-72-66(69)60-57-54-51-48-45-42-39-36-33-30-27-24-21-18-15-12-9-6-3)74-68(71)62-59-56-53-50-47-44-41-38-35-32-29-26-23-20-17-14-11-8-5-2/h25,28,65H,4-24,26-27,29-64H2,1-3H3/b28-25+/t65-/m1/s1. The lowest BCUT2D eigenvalue weighted by molar-refractivity contribution is -0.167. The van der Waals surface area contributed by atoms with Crippen LogP contribution in [0.2, 0.25) is 0 Å². The van der Waals surface area contributed by atoms with Crippen molar-refractivity contribution in [2.75, 3.05) is 13.2 Å². The summed E-state index contributed by atoms with van der Waals surface area (Å²) in [7, 11) is 0. The molecule has 0 heterocycles. The van der Waals surface area contributed by atoms with Crippen LogP contribution in [-0.4, -0.2) is 37.2 Å². The van der Waals surface area contributed by atoms with Crippen LogP contribution in [0.15, 0.2) is 12.2 Å². The molecule has 6 nitrogen and oxygen atoms in total. The molecule has 0 radical (unpaired) electrons. The third-order valence-electron chi connectivity index (χ3n) is 15.5. The first kappa shape index (κ1) is 72.2. The van der Waals surface area contributed by atoms with Crippen molar-refractivity contribution < 1.29 is 28.6 Å². The van der Waals surface area contributed by atoms with Crippen molar-refractivity contribution in [1.82, 2.24) is 0 Å². The number of allylic oxidation sites excluding steroid dienone is 2. The van der Waals surface area contributed by atoms with Crippen LogP contribution in [0.5, 0.6) is 0 Å². The van der Waals surface area contributed by atoms with Crippen LogP contribution < -0.4 is 0 Å². The van der Waals surface area contributed by atoms with Crippen molar-refractivity contribution in [2.45, 2.75) is 393 Å². The summed E-state index contributed by atoms with van der Waals surface area (Å²) in [5.41, 5.74) is 0. The summed E-state index contributed by atoms with van der Waals surface area (Å²) in [6.07, 6.45) is 75.1. The Morgan fingerprint density at radius 3 is 0.676 bits per heavy atom. The van der Waals surface area contributed by atoms with E-state index in [0.717, 1.165) is 57.8 Å². The second-order valence-corrected chi connectivity index (χ2v) is 23.1. The van der Waals surface area contributed by atoms with Crippen molar-refractivity contribution >= 4 is 17.9 Å². The molecule has 0 aromatic rings. The third-order valence-corrected chi connectivity index (χ3v) is 15.5. The minimum Gasteiger partial charge on any atom is -0.462 e. The van der Waals surface area contributed by atoms with Gasteiger partial charge in [0.2, 0.25) is 0 Å². The fourth-order valence-electron chi connectivity index (χ4n) is 10.4. The fourth-order valence-corrected chi connectivity index (χ4v) is 10.4. The van der Waals surface area contributed by atoms with Gasteiger partial charge in [-0.3, -0.25) is 14.4 Å². The molecule has 0 aromatic carbocycles. The lowest BCUT2D eigenvalue weighted by Crippen LogP contribution is -2.30. The molecule has 0 rings (SSSR count). The summed E-state index contributed by atoms with van der Waals surface area (Å²) < 4.78 is 17.0. The van der Waals surface area contributed by atoms with Crippen LogP contribution in [0.1, 0.15) is 387 Å². The van der Waals surface area contributed by atoms with Gasteiger partial charge in [0.05, 0.1) is 0 Å². The molecular weight excluding hydrogens is 913 g/mol. The van der Waals surface area contributed by atoms with Gasteiger partial charge in [0.1, 0.15) is 13.2 Å². The second-order valence-electron chi connectivity index (χ2n) is 23.1. The van der Waals surface area contributed by atoms with Gasteiger partial charge >= 0.3 is 17.9 Å². The molecule has 0 saturated heterocycles. The zero-order valence-electron chi connectivity index (χ0n) is 50.4. The second kappa shape index (κ2) is 63.7. The minimum absolute atomic E-state index is 0.0634. The monoisotopic (exact) mass is 1040 g/mol. The average Bonchev–Trinajstić information content (AvgIpc) is 3.40. The van der Waals surface area contributed by atoms with Crippen molar-refractivity contribution in [3.05, 3.63) is 12.2 Å². The molecule has 0 N–H and O–H groups in total. The number of esters is 3. The molecule has 1 atom stereocenters. The van der Waals surface area contributed by atoms with Crippen LogP contribution in [0.3, 0.4) is 0 Å². The predicted molar refractivity (Wildman–Crippen MR) is 321 cm³/mol. The first-order chi connectivity index (χ1) is 36.5. The molecule has 0 spiro atoms. The molecule has 0 fully saturated rings. The number of unbranched alkanes of at least 4 members (excludes halogenated alkanes) is 50. The lowest BCUT2D eigenvalue weighted by atomic mass is 10.0. The van der Waals surface area contributed by atoms with Gasteiger partial charge in [0.25, 0.3) is 0 Å². The maximum atomic E-state index is 12.9. The summed E-state index contributed by atoms with van der Waals surface area (Å²) in [6.45, 7) is 6.73. The summed E-state index contributed by atoms with van der Waals surface area (Å²) in [5.74, 6) is -0.830. The van der Waals surface area contributed by atoms with Gasteiger partial charge in [0, 0.05) is 19.3 Å². The molecule has 0 aromatic heterocycles. The molecule has 0 aliphatic heterocycles. The highest BCUT2D eigenvalue weighted by molar-refractivity contribution is 5.71. The van der Waals surface area contributed by atoms with E-state index in [1.807, 2.05) is 0 Å². The van der Waals surface area contributed by atoms with Gasteiger partial charge in [-0.05, 0) is 44.9 Å². The Labute approximate surface area is 462 Å². The number of carbonyl (C=O) groups is 3. The highest BCUT2D eigenvalue weighted by atomic mass is 16.6. The minimum atomic E-state index is -0.767. The van der Waals surface area contributed by atoms with E-state index in [-0.39, 0.29) is 31.1 Å². The maximum absolute atomic E-state index is 12.9. The van der Waals surface area contributed by atoms with Crippen molar-refractivity contribution in [3.8, 4) is 0 Å². The van der Waals surface area contributed by atoms with Gasteiger partial charge in [0.15, 0.2) is 6.10 Å². The van der Waals surface area contributed by atoms with Crippen LogP contribution in [0.25, 0.3) is 0 Å². The summed E-state index contributed by atoms with van der Waals surface area (Å²) in [4.78, 5) is 38.4. The number of ether oxygens (including phenoxy) is 3. The molecule has 0 amide bonds. The Bertz CT molecular complexity index is 1150. The van der Waals surface area contributed by atoms with E-state index in [1.165, 1.54) is 289 Å². The Kier molecular flexibility index (Phi) is 62.1. The highest BCUT2D eigenvalue weighted by Gasteiger charge is 2.19. The van der Waals surface area contributed by atoms with Crippen LogP contribution >= 0.6 is 0 Å². The van der Waals surface area contributed by atoms with Gasteiger partial charge in [-0.1, -0.05) is 335 Å². The van der Waals surface area contributed by atoms with Crippen molar-refractivity contribution in [2.24, 2.45) is 0 Å². The van der Waals surface area contributed by atoms with Crippen LogP contribution in [0, 0.1) is 0 Å². The van der Waals surface area contributed by atoms with E-state index < -0.39 is 6.10 Å². The number of hydrogen-bond acceptors (Lipinski definition) is 6. The largest absolute Gasteiger partial charge is 0.462 e. The number of rotatable bonds is 63. The van der Waals surface area contributed by atoms with Crippen molar-refractivity contribution in [1.29, 1.82) is 0 Å². The van der Waals surface area contributed by atoms with E-state index in [0.29, 0.717) is 19.3 Å². The molecule has 74 heavy (non-hydrogen) atoms. The lowest BCUT2D eigenvalue weighted by Gasteiger charge is -2.18. The molecule has 0 bridgehead atoms. The zero-order valence-corrected chi connectivity index (χ0v) is 50.4. The van der Waals surface area contributed by atoms with E-state index >= 15 is 0 Å². The number of carbonyl (C=O) groups excluding carboxylic acids is 3. The fraction of sp³-hybridized carbons (Fsp3) is 0.926. The molecule has 0 unspecified atom stereocenters. The van der Waals surface area contributed by atoms with Crippen LogP contribution in [0.4, 0.5) is 0 Å². The van der Waals surface area contributed by atoms with Gasteiger partial charge < -0.3 is 14.2 Å². The Morgan fingerprint density at radius 1 is 0.257 bits per heavy atom. The van der Waals surface area contributed by atoms with Crippen molar-refractivity contribution in [3.63, 3.8) is 0 Å². The van der Waals surface area contributed by atoms with Gasteiger partial charge in [-0.2, -0.15) is 0 Å². The quantitative estimate of drug-likeness (QED) is 0.0261. The van der Waals surface area contributed by atoms with Gasteiger partial charge in [-0.15, -0.1) is 0 Å². The third kappa shape index (κ3) is 61.0. The van der Waals surface area contributed by atoms with E-state index in [4.69, 9.17) is 14.2 Å². The maximum Gasteiger partial charge on any atom is 0.306 e. The van der Waals surface area contributed by atoms with E-state index in [9.17, 15) is 14.4 Å². The SMILES string of the molecule is CCCCCCCC/C=C/CCCCCCCCCCCC(=O)OC[C@@H](COC(=O)CCCCCCCCCCCCCCCCCCCC)OC(=O)CCCCCCCCCCCCCCCCCCCCC. The first-order valence-corrected chi connectivity index (χ1v) is 33.7. The first-order valence-electron chi connectivity index (χ1n) is 33.7. The average molecular weight is 1040 g/mol. The number of hydrogen-bond donors (Lipinski definition) is 0. The normalized spacial score (nSPS) is 12.0. The van der Waals surface area contributed by atoms with E-state index in [1.54, 1.807) is 0 Å². The molecule has 0 aliphatic rings.